The molecular weight excluding hydrogens is 262 g/mol. The Morgan fingerprint density at radius 2 is 1.71 bits per heavy atom. The minimum Gasteiger partial charge on any atom is -0.508 e. The number of benzene rings is 1. The van der Waals surface area contributed by atoms with Gasteiger partial charge in [0.05, 0.1) is 0 Å². The summed E-state index contributed by atoms with van der Waals surface area (Å²) in [5, 5.41) is 9.52. The topological polar surface area (TPSA) is 40.5 Å². The number of phenolic OH excluding ortho intramolecular Hbond substituents is 1. The first-order chi connectivity index (χ1) is 10.2. The summed E-state index contributed by atoms with van der Waals surface area (Å²) in [5.41, 5.74) is 0.783. The highest BCUT2D eigenvalue weighted by Crippen LogP contribution is 2.21. The number of phenols is 1. The van der Waals surface area contributed by atoms with E-state index < -0.39 is 0 Å². The fourth-order valence-electron chi connectivity index (χ4n) is 2.53. The molecule has 0 aliphatic heterocycles. The van der Waals surface area contributed by atoms with E-state index in [1.165, 1.54) is 32.1 Å². The quantitative estimate of drug-likeness (QED) is 0.624. The maximum absolute atomic E-state index is 12.3. The van der Waals surface area contributed by atoms with E-state index in [9.17, 15) is 9.90 Å². The summed E-state index contributed by atoms with van der Waals surface area (Å²) < 4.78 is 0. The van der Waals surface area contributed by atoms with Gasteiger partial charge in [0, 0.05) is 24.7 Å². The molecular formula is C18H29NO2. The van der Waals surface area contributed by atoms with E-state index in [1.54, 1.807) is 23.1 Å². The second kappa shape index (κ2) is 10.3. The van der Waals surface area contributed by atoms with Crippen molar-refractivity contribution in [1.82, 2.24) is 0 Å². The molecule has 1 amide bonds. The third-order valence-electron chi connectivity index (χ3n) is 3.75. The Kier molecular flexibility index (Phi) is 8.56. The van der Waals surface area contributed by atoms with Crippen LogP contribution >= 0.6 is 0 Å². The Balaban J connectivity index is 2.32. The monoisotopic (exact) mass is 291 g/mol. The van der Waals surface area contributed by atoms with Crippen molar-refractivity contribution in [3.8, 4) is 5.75 Å². The van der Waals surface area contributed by atoms with Crippen molar-refractivity contribution in [2.75, 3.05) is 11.4 Å². The molecule has 0 fully saturated rings. The molecule has 0 aliphatic carbocycles. The lowest BCUT2D eigenvalue weighted by Gasteiger charge is -2.21. The first-order valence-corrected chi connectivity index (χ1v) is 8.28. The van der Waals surface area contributed by atoms with Crippen LogP contribution < -0.4 is 4.90 Å². The number of rotatable bonds is 10. The van der Waals surface area contributed by atoms with Crippen molar-refractivity contribution in [1.29, 1.82) is 0 Å². The predicted octanol–water partition coefficient (Wildman–Crippen LogP) is 4.89. The molecule has 0 aliphatic rings. The van der Waals surface area contributed by atoms with Crippen LogP contribution in [0.5, 0.6) is 5.75 Å². The van der Waals surface area contributed by atoms with Gasteiger partial charge in [0.1, 0.15) is 5.75 Å². The van der Waals surface area contributed by atoms with Crippen LogP contribution in [0.3, 0.4) is 0 Å². The Hall–Kier alpha value is -1.51. The maximum atomic E-state index is 12.3. The van der Waals surface area contributed by atoms with Gasteiger partial charge in [0.2, 0.25) is 5.91 Å². The van der Waals surface area contributed by atoms with E-state index in [0.717, 1.165) is 18.5 Å². The number of nitrogens with zero attached hydrogens (tertiary/aromatic N) is 1. The van der Waals surface area contributed by atoms with Crippen LogP contribution in [0.25, 0.3) is 0 Å². The molecule has 0 aromatic heterocycles. The number of carbonyl (C=O) groups excluding carboxylic acids is 1. The summed E-state index contributed by atoms with van der Waals surface area (Å²) >= 11 is 0. The zero-order chi connectivity index (χ0) is 15.5. The van der Waals surface area contributed by atoms with Gasteiger partial charge in [-0.25, -0.2) is 0 Å². The van der Waals surface area contributed by atoms with Gasteiger partial charge >= 0.3 is 0 Å². The zero-order valence-corrected chi connectivity index (χ0v) is 13.5. The SMILES string of the molecule is CCCCCCCCCC(=O)N(CC)c1cccc(O)c1. The van der Waals surface area contributed by atoms with Crippen LogP contribution in [-0.2, 0) is 4.79 Å². The van der Waals surface area contributed by atoms with E-state index in [1.807, 2.05) is 13.0 Å². The molecule has 0 bridgehead atoms. The number of carbonyl (C=O) groups is 1. The Labute approximate surface area is 129 Å². The van der Waals surface area contributed by atoms with Crippen molar-refractivity contribution in [3.05, 3.63) is 24.3 Å². The number of hydrogen-bond acceptors (Lipinski definition) is 2. The number of hydrogen-bond donors (Lipinski definition) is 1. The second-order valence-electron chi connectivity index (χ2n) is 5.53. The lowest BCUT2D eigenvalue weighted by Crippen LogP contribution is -2.30. The molecule has 1 aromatic rings. The first kappa shape index (κ1) is 17.5. The van der Waals surface area contributed by atoms with Crippen molar-refractivity contribution in [3.63, 3.8) is 0 Å². The van der Waals surface area contributed by atoms with E-state index in [0.29, 0.717) is 13.0 Å². The van der Waals surface area contributed by atoms with E-state index in [4.69, 9.17) is 0 Å². The molecule has 1 aromatic carbocycles. The Morgan fingerprint density at radius 1 is 1.05 bits per heavy atom. The third kappa shape index (κ3) is 6.65. The number of anilines is 1. The van der Waals surface area contributed by atoms with Gasteiger partial charge in [-0.05, 0) is 25.5 Å². The summed E-state index contributed by atoms with van der Waals surface area (Å²) in [6.07, 6.45) is 9.10. The fourth-order valence-corrected chi connectivity index (χ4v) is 2.53. The fraction of sp³-hybridized carbons (Fsp3) is 0.611. The van der Waals surface area contributed by atoms with Crippen LogP contribution in [0.15, 0.2) is 24.3 Å². The Bertz CT molecular complexity index is 417. The van der Waals surface area contributed by atoms with Gasteiger partial charge < -0.3 is 10.0 Å². The number of unbranched alkanes of at least 4 members (excludes halogenated alkanes) is 6. The van der Waals surface area contributed by atoms with Crippen LogP contribution in [0.1, 0.15) is 65.2 Å². The number of aromatic hydroxyl groups is 1. The van der Waals surface area contributed by atoms with Crippen molar-refractivity contribution < 1.29 is 9.90 Å². The van der Waals surface area contributed by atoms with Gasteiger partial charge in [-0.3, -0.25) is 4.79 Å². The summed E-state index contributed by atoms with van der Waals surface area (Å²) in [5.74, 6) is 0.353. The van der Waals surface area contributed by atoms with Crippen LogP contribution in [0.2, 0.25) is 0 Å². The number of amides is 1. The first-order valence-electron chi connectivity index (χ1n) is 8.28. The highest BCUT2D eigenvalue weighted by molar-refractivity contribution is 5.93. The molecule has 0 atom stereocenters. The zero-order valence-electron chi connectivity index (χ0n) is 13.5. The van der Waals surface area contributed by atoms with Gasteiger partial charge in [-0.2, -0.15) is 0 Å². The minimum atomic E-state index is 0.150. The standard InChI is InChI=1S/C18H29NO2/c1-3-5-6-7-8-9-10-14-18(21)19(4-2)16-12-11-13-17(20)15-16/h11-13,15,20H,3-10,14H2,1-2H3. The molecule has 0 heterocycles. The molecule has 118 valence electrons. The van der Waals surface area contributed by atoms with Gasteiger partial charge in [0.25, 0.3) is 0 Å². The molecule has 0 spiro atoms. The van der Waals surface area contributed by atoms with E-state index >= 15 is 0 Å². The molecule has 1 N–H and O–H groups in total. The van der Waals surface area contributed by atoms with Gasteiger partial charge in [-0.15, -0.1) is 0 Å². The van der Waals surface area contributed by atoms with Crippen LogP contribution in [0.4, 0.5) is 5.69 Å². The van der Waals surface area contributed by atoms with Gasteiger partial charge in [-0.1, -0.05) is 51.5 Å². The largest absolute Gasteiger partial charge is 0.508 e. The van der Waals surface area contributed by atoms with E-state index in [-0.39, 0.29) is 11.7 Å². The molecule has 0 radical (unpaired) electrons. The molecule has 3 heteroatoms. The molecule has 1 rings (SSSR count). The van der Waals surface area contributed by atoms with Crippen molar-refractivity contribution in [2.24, 2.45) is 0 Å². The molecule has 21 heavy (non-hydrogen) atoms. The lowest BCUT2D eigenvalue weighted by molar-refractivity contribution is -0.118. The van der Waals surface area contributed by atoms with Gasteiger partial charge in [0.15, 0.2) is 0 Å². The summed E-state index contributed by atoms with van der Waals surface area (Å²) in [6.45, 7) is 4.82. The van der Waals surface area contributed by atoms with E-state index in [2.05, 4.69) is 6.92 Å². The summed E-state index contributed by atoms with van der Waals surface area (Å²) in [4.78, 5) is 14.0. The second-order valence-corrected chi connectivity index (χ2v) is 5.53. The average Bonchev–Trinajstić information content (AvgIpc) is 2.47. The Morgan fingerprint density at radius 3 is 2.33 bits per heavy atom. The highest BCUT2D eigenvalue weighted by Gasteiger charge is 2.13. The predicted molar refractivity (Wildman–Crippen MR) is 88.7 cm³/mol. The normalized spacial score (nSPS) is 10.6. The highest BCUT2D eigenvalue weighted by atomic mass is 16.3. The average molecular weight is 291 g/mol. The summed E-state index contributed by atoms with van der Waals surface area (Å²) in [7, 11) is 0. The maximum Gasteiger partial charge on any atom is 0.226 e. The molecule has 0 unspecified atom stereocenters. The van der Waals surface area contributed by atoms with Crippen LogP contribution in [0, 0.1) is 0 Å². The lowest BCUT2D eigenvalue weighted by atomic mass is 10.1. The smallest absolute Gasteiger partial charge is 0.226 e. The van der Waals surface area contributed by atoms with Crippen molar-refractivity contribution in [2.45, 2.75) is 65.2 Å². The summed E-state index contributed by atoms with van der Waals surface area (Å²) in [6, 6.07) is 6.91. The molecule has 0 saturated heterocycles. The molecule has 3 nitrogen and oxygen atoms in total. The van der Waals surface area contributed by atoms with Crippen LogP contribution in [-0.4, -0.2) is 17.6 Å². The third-order valence-corrected chi connectivity index (χ3v) is 3.75. The van der Waals surface area contributed by atoms with Crippen molar-refractivity contribution >= 4 is 11.6 Å². The minimum absolute atomic E-state index is 0.150. The molecule has 0 saturated carbocycles.